The van der Waals surface area contributed by atoms with E-state index in [-0.39, 0.29) is 12.3 Å². The number of methoxy groups -OCH3 is 1. The molecule has 2 rings (SSSR count). The number of nitrogens with zero attached hydrogens (tertiary/aromatic N) is 2. The Morgan fingerprint density at radius 3 is 2.71 bits per heavy atom. The lowest BCUT2D eigenvalue weighted by Crippen LogP contribution is -2.23. The Morgan fingerprint density at radius 2 is 2.06 bits per heavy atom. The average molecular weight is 295 g/mol. The minimum atomic E-state index is -0.196. The minimum Gasteiger partial charge on any atom is -0.362 e. The third-order valence-electron chi connectivity index (χ3n) is 2.25. The monoisotopic (exact) mass is 294 g/mol. The van der Waals surface area contributed by atoms with Gasteiger partial charge in [-0.3, -0.25) is 4.79 Å². The highest BCUT2D eigenvalue weighted by atomic mass is 79.9. The van der Waals surface area contributed by atoms with Crippen molar-refractivity contribution >= 4 is 15.9 Å². The van der Waals surface area contributed by atoms with E-state index in [0.717, 1.165) is 11.3 Å². The summed E-state index contributed by atoms with van der Waals surface area (Å²) in [6.07, 6.45) is 0. The van der Waals surface area contributed by atoms with E-state index in [1.165, 1.54) is 17.9 Å². The predicted molar refractivity (Wildman–Crippen MR) is 68.6 cm³/mol. The standard InChI is InChI=1S/C12H11BrN2O2/c1-17-8-15-11(16)7-10(13)12(14-15)9-5-3-2-4-6-9/h2-7H,8H2,1H3. The lowest BCUT2D eigenvalue weighted by molar-refractivity contribution is 0.116. The van der Waals surface area contributed by atoms with Crippen molar-refractivity contribution in [1.82, 2.24) is 9.78 Å². The molecule has 0 saturated heterocycles. The zero-order chi connectivity index (χ0) is 12.3. The fourth-order valence-corrected chi connectivity index (χ4v) is 1.98. The van der Waals surface area contributed by atoms with E-state index in [4.69, 9.17) is 4.74 Å². The maximum absolute atomic E-state index is 11.6. The third kappa shape index (κ3) is 2.62. The molecule has 4 nitrogen and oxygen atoms in total. The highest BCUT2D eigenvalue weighted by Crippen LogP contribution is 2.23. The second kappa shape index (κ2) is 5.25. The van der Waals surface area contributed by atoms with Crippen LogP contribution in [0.2, 0.25) is 0 Å². The van der Waals surface area contributed by atoms with Gasteiger partial charge in [-0.25, -0.2) is 4.68 Å². The largest absolute Gasteiger partial charge is 0.362 e. The average Bonchev–Trinajstić information content (AvgIpc) is 2.34. The molecule has 0 bridgehead atoms. The van der Waals surface area contributed by atoms with Crippen molar-refractivity contribution in [3.05, 3.63) is 51.2 Å². The molecule has 1 aromatic carbocycles. The van der Waals surface area contributed by atoms with Crippen LogP contribution in [0.5, 0.6) is 0 Å². The van der Waals surface area contributed by atoms with Crippen LogP contribution in [0.3, 0.4) is 0 Å². The maximum atomic E-state index is 11.6. The second-order valence-corrected chi connectivity index (χ2v) is 4.32. The minimum absolute atomic E-state index is 0.145. The number of hydrogen-bond donors (Lipinski definition) is 0. The number of halogens is 1. The van der Waals surface area contributed by atoms with Crippen molar-refractivity contribution in [3.8, 4) is 11.3 Å². The molecule has 17 heavy (non-hydrogen) atoms. The number of benzene rings is 1. The Labute approximate surface area is 107 Å². The molecule has 88 valence electrons. The van der Waals surface area contributed by atoms with Gasteiger partial charge >= 0.3 is 0 Å². The molecule has 0 aliphatic carbocycles. The molecule has 5 heteroatoms. The lowest BCUT2D eigenvalue weighted by atomic mass is 10.1. The van der Waals surface area contributed by atoms with Crippen molar-refractivity contribution in [1.29, 1.82) is 0 Å². The van der Waals surface area contributed by atoms with Crippen molar-refractivity contribution in [2.24, 2.45) is 0 Å². The van der Waals surface area contributed by atoms with Gasteiger partial charge in [0, 0.05) is 18.7 Å². The SMILES string of the molecule is COCn1nc(-c2ccccc2)c(Br)cc1=O. The summed E-state index contributed by atoms with van der Waals surface area (Å²) in [4.78, 5) is 11.6. The summed E-state index contributed by atoms with van der Waals surface area (Å²) in [6, 6.07) is 11.2. The highest BCUT2D eigenvalue weighted by Gasteiger charge is 2.08. The van der Waals surface area contributed by atoms with Gasteiger partial charge in [-0.1, -0.05) is 30.3 Å². The maximum Gasteiger partial charge on any atom is 0.270 e. The molecule has 1 heterocycles. The Morgan fingerprint density at radius 1 is 1.35 bits per heavy atom. The molecule has 1 aromatic heterocycles. The lowest BCUT2D eigenvalue weighted by Gasteiger charge is -2.07. The van der Waals surface area contributed by atoms with Crippen LogP contribution in [0.15, 0.2) is 45.7 Å². The Bertz CT molecular complexity index is 566. The molecule has 0 radical (unpaired) electrons. The molecule has 0 atom stereocenters. The molecule has 0 aliphatic rings. The van der Waals surface area contributed by atoms with Gasteiger partial charge in [0.25, 0.3) is 5.56 Å². The van der Waals surface area contributed by atoms with E-state index in [9.17, 15) is 4.79 Å². The van der Waals surface area contributed by atoms with Crippen LogP contribution in [0.4, 0.5) is 0 Å². The molecule has 2 aromatic rings. The summed E-state index contributed by atoms with van der Waals surface area (Å²) in [7, 11) is 1.53. The van der Waals surface area contributed by atoms with Crippen LogP contribution in [-0.2, 0) is 11.5 Å². The molecule has 0 N–H and O–H groups in total. The molecule has 0 unspecified atom stereocenters. The molecule has 0 saturated carbocycles. The van der Waals surface area contributed by atoms with Crippen LogP contribution in [0.1, 0.15) is 0 Å². The summed E-state index contributed by atoms with van der Waals surface area (Å²) in [5.74, 6) is 0. The van der Waals surface area contributed by atoms with Crippen LogP contribution in [-0.4, -0.2) is 16.9 Å². The summed E-state index contributed by atoms with van der Waals surface area (Å²) in [5.41, 5.74) is 1.48. The van der Waals surface area contributed by atoms with Crippen LogP contribution < -0.4 is 5.56 Å². The third-order valence-corrected chi connectivity index (χ3v) is 2.85. The van der Waals surface area contributed by atoms with Gasteiger partial charge in [-0.15, -0.1) is 0 Å². The summed E-state index contributed by atoms with van der Waals surface area (Å²) in [5, 5.41) is 4.26. The molecule has 0 aliphatic heterocycles. The molecule has 0 spiro atoms. The fraction of sp³-hybridized carbons (Fsp3) is 0.167. The Hall–Kier alpha value is -1.46. The molecular formula is C12H11BrN2O2. The first kappa shape index (κ1) is 12.0. The normalized spacial score (nSPS) is 10.5. The summed E-state index contributed by atoms with van der Waals surface area (Å²) >= 11 is 3.35. The van der Waals surface area contributed by atoms with Gasteiger partial charge in [0.2, 0.25) is 0 Å². The van der Waals surface area contributed by atoms with Crippen LogP contribution >= 0.6 is 15.9 Å². The number of rotatable bonds is 3. The van der Waals surface area contributed by atoms with Crippen molar-refractivity contribution in [2.75, 3.05) is 7.11 Å². The number of ether oxygens (including phenoxy) is 1. The molecular weight excluding hydrogens is 284 g/mol. The van der Waals surface area contributed by atoms with Crippen molar-refractivity contribution in [2.45, 2.75) is 6.73 Å². The topological polar surface area (TPSA) is 44.1 Å². The van der Waals surface area contributed by atoms with E-state index in [0.29, 0.717) is 4.47 Å². The van der Waals surface area contributed by atoms with Crippen molar-refractivity contribution < 1.29 is 4.74 Å². The van der Waals surface area contributed by atoms with E-state index in [2.05, 4.69) is 21.0 Å². The smallest absolute Gasteiger partial charge is 0.270 e. The van der Waals surface area contributed by atoms with E-state index in [1.54, 1.807) is 0 Å². The van der Waals surface area contributed by atoms with Gasteiger partial charge in [0.05, 0.1) is 4.47 Å². The van der Waals surface area contributed by atoms with E-state index >= 15 is 0 Å². The first-order valence-corrected chi connectivity index (χ1v) is 5.83. The van der Waals surface area contributed by atoms with Crippen LogP contribution in [0, 0.1) is 0 Å². The number of hydrogen-bond acceptors (Lipinski definition) is 3. The van der Waals surface area contributed by atoms with E-state index < -0.39 is 0 Å². The van der Waals surface area contributed by atoms with Gasteiger partial charge in [0.15, 0.2) is 0 Å². The quantitative estimate of drug-likeness (QED) is 0.872. The predicted octanol–water partition coefficient (Wildman–Crippen LogP) is 2.28. The summed E-state index contributed by atoms with van der Waals surface area (Å²) in [6.45, 7) is 0.145. The van der Waals surface area contributed by atoms with Gasteiger partial charge in [-0.05, 0) is 15.9 Å². The Balaban J connectivity index is 2.55. The number of aromatic nitrogens is 2. The first-order chi connectivity index (χ1) is 8.22. The second-order valence-electron chi connectivity index (χ2n) is 3.46. The van der Waals surface area contributed by atoms with Gasteiger partial charge in [0.1, 0.15) is 12.4 Å². The highest BCUT2D eigenvalue weighted by molar-refractivity contribution is 9.10. The zero-order valence-corrected chi connectivity index (χ0v) is 10.8. The van der Waals surface area contributed by atoms with Crippen LogP contribution in [0.25, 0.3) is 11.3 Å². The summed E-state index contributed by atoms with van der Waals surface area (Å²) < 4.78 is 6.89. The van der Waals surface area contributed by atoms with E-state index in [1.807, 2.05) is 30.3 Å². The van der Waals surface area contributed by atoms with Gasteiger partial charge in [-0.2, -0.15) is 5.10 Å². The van der Waals surface area contributed by atoms with Gasteiger partial charge < -0.3 is 4.74 Å². The fourth-order valence-electron chi connectivity index (χ4n) is 1.48. The zero-order valence-electron chi connectivity index (χ0n) is 9.26. The first-order valence-electron chi connectivity index (χ1n) is 5.04. The van der Waals surface area contributed by atoms with Crippen molar-refractivity contribution in [3.63, 3.8) is 0 Å². The molecule has 0 amide bonds. The Kier molecular flexibility index (Phi) is 3.71. The molecule has 0 fully saturated rings.